The molecule has 0 atom stereocenters. The molecule has 0 spiro atoms. The van der Waals surface area contributed by atoms with Gasteiger partial charge in [0.15, 0.2) is 5.65 Å². The number of benzene rings is 1. The summed E-state index contributed by atoms with van der Waals surface area (Å²) in [5, 5.41) is 10.5. The third-order valence-corrected chi connectivity index (χ3v) is 5.14. The number of ether oxygens (including phenoxy) is 1. The second-order valence-electron chi connectivity index (χ2n) is 5.58. The van der Waals surface area contributed by atoms with Crippen LogP contribution in [0, 0.1) is 0 Å². The first kappa shape index (κ1) is 17.0. The van der Waals surface area contributed by atoms with Crippen LogP contribution in [0.2, 0.25) is 0 Å². The van der Waals surface area contributed by atoms with Crippen LogP contribution in [-0.4, -0.2) is 57.1 Å². The van der Waals surface area contributed by atoms with Gasteiger partial charge in [0.2, 0.25) is 5.16 Å². The number of hydrogen-bond acceptors (Lipinski definition) is 6. The molecule has 0 radical (unpaired) electrons. The van der Waals surface area contributed by atoms with Gasteiger partial charge in [-0.3, -0.25) is 0 Å². The maximum Gasteiger partial charge on any atom is 0.211 e. The van der Waals surface area contributed by atoms with E-state index < -0.39 is 0 Å². The number of rotatable bonds is 7. The summed E-state index contributed by atoms with van der Waals surface area (Å²) in [7, 11) is 3.68. The van der Waals surface area contributed by atoms with Crippen LogP contribution in [0.4, 0.5) is 0 Å². The van der Waals surface area contributed by atoms with Crippen molar-refractivity contribution in [3.05, 3.63) is 18.2 Å². The summed E-state index contributed by atoms with van der Waals surface area (Å²) < 4.78 is 7.38. The maximum absolute atomic E-state index is 5.31. The monoisotopic (exact) mass is 345 g/mol. The lowest BCUT2D eigenvalue weighted by Gasteiger charge is -2.16. The van der Waals surface area contributed by atoms with Gasteiger partial charge >= 0.3 is 0 Å². The van der Waals surface area contributed by atoms with E-state index in [0.717, 1.165) is 58.4 Å². The number of aromatic nitrogens is 4. The van der Waals surface area contributed by atoms with Gasteiger partial charge in [-0.2, -0.15) is 0 Å². The molecule has 0 N–H and O–H groups in total. The predicted molar refractivity (Wildman–Crippen MR) is 98.9 cm³/mol. The van der Waals surface area contributed by atoms with Gasteiger partial charge in [0.05, 0.1) is 12.6 Å². The summed E-state index contributed by atoms with van der Waals surface area (Å²) in [4.78, 5) is 7.10. The number of nitrogens with zero attached hydrogens (tertiary/aromatic N) is 5. The Labute approximate surface area is 146 Å². The van der Waals surface area contributed by atoms with Crippen LogP contribution in [-0.2, 0) is 7.05 Å². The van der Waals surface area contributed by atoms with Gasteiger partial charge in [0, 0.05) is 24.7 Å². The molecule has 0 aliphatic rings. The van der Waals surface area contributed by atoms with Crippen LogP contribution in [0.25, 0.3) is 22.1 Å². The lowest BCUT2D eigenvalue weighted by molar-refractivity contribution is 0.324. The molecule has 0 aliphatic heterocycles. The first-order valence-electron chi connectivity index (χ1n) is 8.19. The molecule has 1 aromatic carbocycles. The van der Waals surface area contributed by atoms with E-state index in [0.29, 0.717) is 0 Å². The number of hydrogen-bond donors (Lipinski definition) is 0. The highest BCUT2D eigenvalue weighted by Gasteiger charge is 2.13. The van der Waals surface area contributed by atoms with E-state index in [-0.39, 0.29) is 0 Å². The summed E-state index contributed by atoms with van der Waals surface area (Å²) in [5.74, 6) is 1.78. The molecule has 2 heterocycles. The van der Waals surface area contributed by atoms with Crippen molar-refractivity contribution in [2.75, 3.05) is 32.5 Å². The largest absolute Gasteiger partial charge is 0.497 e. The Bertz CT molecular complexity index is 844. The van der Waals surface area contributed by atoms with Crippen LogP contribution in [0.3, 0.4) is 0 Å². The summed E-state index contributed by atoms with van der Waals surface area (Å²) >= 11 is 1.66. The molecule has 0 unspecified atom stereocenters. The van der Waals surface area contributed by atoms with E-state index >= 15 is 0 Å². The Kier molecular flexibility index (Phi) is 5.20. The topological polar surface area (TPSA) is 56.1 Å². The van der Waals surface area contributed by atoms with E-state index in [2.05, 4.69) is 33.5 Å². The van der Waals surface area contributed by atoms with Crippen molar-refractivity contribution in [1.29, 1.82) is 0 Å². The molecule has 0 saturated carbocycles. The average Bonchev–Trinajstić information content (AvgIpc) is 2.90. The molecule has 0 fully saturated rings. The summed E-state index contributed by atoms with van der Waals surface area (Å²) in [5.41, 5.74) is 2.76. The van der Waals surface area contributed by atoms with Crippen molar-refractivity contribution in [1.82, 2.24) is 24.6 Å². The lowest BCUT2D eigenvalue weighted by Crippen LogP contribution is -2.25. The fourth-order valence-corrected chi connectivity index (χ4v) is 3.60. The molecular weight excluding hydrogens is 322 g/mol. The Morgan fingerprint density at radius 3 is 2.71 bits per heavy atom. The van der Waals surface area contributed by atoms with Crippen LogP contribution < -0.4 is 4.74 Å². The maximum atomic E-state index is 5.31. The number of methoxy groups -OCH3 is 1. The zero-order valence-corrected chi connectivity index (χ0v) is 15.4. The van der Waals surface area contributed by atoms with Crippen molar-refractivity contribution in [2.24, 2.45) is 7.05 Å². The average molecular weight is 345 g/mol. The molecule has 0 bridgehead atoms. The van der Waals surface area contributed by atoms with Crippen molar-refractivity contribution < 1.29 is 4.74 Å². The zero-order valence-electron chi connectivity index (χ0n) is 14.6. The second kappa shape index (κ2) is 7.36. The van der Waals surface area contributed by atoms with E-state index in [9.17, 15) is 0 Å². The molecule has 0 aliphatic carbocycles. The molecule has 128 valence electrons. The minimum atomic E-state index is 0.729. The molecule has 2 aromatic heterocycles. The Balaban J connectivity index is 1.88. The van der Waals surface area contributed by atoms with Crippen LogP contribution in [0.1, 0.15) is 13.8 Å². The minimum Gasteiger partial charge on any atom is -0.497 e. The Morgan fingerprint density at radius 2 is 2.00 bits per heavy atom. The predicted octanol–water partition coefficient (Wildman–Crippen LogP) is 2.96. The fourth-order valence-electron chi connectivity index (χ4n) is 2.82. The standard InChI is InChI=1S/C17H23N5OS/c1-5-22(6-2)9-10-24-17-18-16-15(19-20-17)13-11-12(23-4)7-8-14(13)21(16)3/h7-8,11H,5-6,9-10H2,1-4H3. The number of aryl methyl sites for hydroxylation is 1. The van der Waals surface area contributed by atoms with E-state index in [1.54, 1.807) is 18.9 Å². The van der Waals surface area contributed by atoms with E-state index in [1.807, 2.05) is 25.2 Å². The van der Waals surface area contributed by atoms with E-state index in [4.69, 9.17) is 9.72 Å². The highest BCUT2D eigenvalue weighted by atomic mass is 32.2. The molecule has 3 aromatic rings. The van der Waals surface area contributed by atoms with Gasteiger partial charge < -0.3 is 14.2 Å². The molecule has 7 heteroatoms. The third kappa shape index (κ3) is 3.18. The highest BCUT2D eigenvalue weighted by Crippen LogP contribution is 2.29. The fraction of sp³-hybridized carbons (Fsp3) is 0.471. The smallest absolute Gasteiger partial charge is 0.211 e. The molecule has 24 heavy (non-hydrogen) atoms. The molecular formula is C17H23N5OS. The SMILES string of the molecule is CCN(CC)CCSc1nnc2c3cc(OC)ccc3n(C)c2n1. The second-order valence-corrected chi connectivity index (χ2v) is 6.65. The van der Waals surface area contributed by atoms with Gasteiger partial charge in [-0.15, -0.1) is 10.2 Å². The minimum absolute atomic E-state index is 0.729. The van der Waals surface area contributed by atoms with Gasteiger partial charge in [0.1, 0.15) is 11.3 Å². The van der Waals surface area contributed by atoms with Gasteiger partial charge in [-0.1, -0.05) is 25.6 Å². The van der Waals surface area contributed by atoms with Crippen LogP contribution in [0.5, 0.6) is 5.75 Å². The Morgan fingerprint density at radius 1 is 1.21 bits per heavy atom. The first-order chi connectivity index (χ1) is 11.7. The normalized spacial score (nSPS) is 11.7. The third-order valence-electron chi connectivity index (χ3n) is 4.32. The van der Waals surface area contributed by atoms with Crippen molar-refractivity contribution >= 4 is 33.8 Å². The summed E-state index contributed by atoms with van der Waals surface area (Å²) in [6.07, 6.45) is 0. The highest BCUT2D eigenvalue weighted by molar-refractivity contribution is 7.99. The summed E-state index contributed by atoms with van der Waals surface area (Å²) in [6, 6.07) is 5.97. The van der Waals surface area contributed by atoms with Crippen molar-refractivity contribution in [3.63, 3.8) is 0 Å². The molecule has 0 amide bonds. The van der Waals surface area contributed by atoms with Gasteiger partial charge in [-0.05, 0) is 31.3 Å². The van der Waals surface area contributed by atoms with Gasteiger partial charge in [0.25, 0.3) is 0 Å². The molecule has 0 saturated heterocycles. The lowest BCUT2D eigenvalue weighted by atomic mass is 10.2. The zero-order chi connectivity index (χ0) is 17.1. The molecule has 3 rings (SSSR count). The van der Waals surface area contributed by atoms with Crippen LogP contribution >= 0.6 is 11.8 Å². The quantitative estimate of drug-likeness (QED) is 0.614. The number of fused-ring (bicyclic) bond motifs is 3. The van der Waals surface area contributed by atoms with Gasteiger partial charge in [-0.25, -0.2) is 4.98 Å². The number of thioether (sulfide) groups is 1. The summed E-state index contributed by atoms with van der Waals surface area (Å²) in [6.45, 7) is 7.54. The van der Waals surface area contributed by atoms with Crippen molar-refractivity contribution in [3.8, 4) is 5.75 Å². The van der Waals surface area contributed by atoms with E-state index in [1.165, 1.54) is 0 Å². The van der Waals surface area contributed by atoms with Crippen LogP contribution in [0.15, 0.2) is 23.4 Å². The van der Waals surface area contributed by atoms with Crippen molar-refractivity contribution in [2.45, 2.75) is 19.0 Å². The Hall–Kier alpha value is -1.86. The first-order valence-corrected chi connectivity index (χ1v) is 9.18. The molecule has 6 nitrogen and oxygen atoms in total.